The number of amides is 1. The van der Waals surface area contributed by atoms with Crippen molar-refractivity contribution in [2.24, 2.45) is 10.7 Å². The quantitative estimate of drug-likeness (QED) is 0.0326. The molecule has 0 bridgehead atoms. The third-order valence-electron chi connectivity index (χ3n) is 9.90. The Balaban J connectivity index is 1.21. The van der Waals surface area contributed by atoms with Crippen molar-refractivity contribution in [1.82, 2.24) is 45.6 Å². The van der Waals surface area contributed by atoms with Gasteiger partial charge in [0.1, 0.15) is 12.3 Å². The predicted molar refractivity (Wildman–Crippen MR) is 238 cm³/mol. The molecule has 0 saturated carbocycles. The minimum absolute atomic E-state index is 0.0825. The first kappa shape index (κ1) is 50.7. The van der Waals surface area contributed by atoms with E-state index in [4.69, 9.17) is 24.7 Å². The summed E-state index contributed by atoms with van der Waals surface area (Å²) < 4.78 is 25.6. The van der Waals surface area contributed by atoms with E-state index in [-0.39, 0.29) is 24.3 Å². The number of aliphatic imine (C=N–C) groups is 1. The normalized spacial score (nSPS) is 12.9. The first-order chi connectivity index (χ1) is 29.5. The number of aromatic nitrogens is 5. The van der Waals surface area contributed by atoms with Gasteiger partial charge in [0.25, 0.3) is 5.56 Å². The molecule has 2 heterocycles. The van der Waals surface area contributed by atoms with Crippen molar-refractivity contribution in [2.75, 3.05) is 112 Å². The molecule has 3 aromatic rings. The van der Waals surface area contributed by atoms with Crippen LogP contribution in [0, 0.1) is 0 Å². The van der Waals surface area contributed by atoms with Crippen LogP contribution in [0.4, 0.5) is 5.69 Å². The fraction of sp³-hybridized carbons (Fsp3) is 0.643. The van der Waals surface area contributed by atoms with Crippen molar-refractivity contribution < 1.29 is 28.5 Å². The summed E-state index contributed by atoms with van der Waals surface area (Å²) in [4.78, 5) is 43.7. The third-order valence-corrected chi connectivity index (χ3v) is 9.90. The molecule has 19 heteroatoms. The number of hydrogen-bond donors (Lipinski definition) is 5. The number of nitrogens with two attached hydrogens (primary N) is 1. The van der Waals surface area contributed by atoms with Crippen LogP contribution in [0.5, 0.6) is 0 Å². The molecule has 61 heavy (non-hydrogen) atoms. The van der Waals surface area contributed by atoms with Gasteiger partial charge in [0.15, 0.2) is 0 Å². The summed E-state index contributed by atoms with van der Waals surface area (Å²) in [6.07, 6.45) is 8.49. The molecule has 1 amide bonds. The molecule has 2 aromatic heterocycles. The second-order valence-corrected chi connectivity index (χ2v) is 15.1. The molecule has 6 N–H and O–H groups in total. The molecule has 19 nitrogen and oxygen atoms in total. The van der Waals surface area contributed by atoms with Crippen molar-refractivity contribution in [1.29, 1.82) is 0 Å². The Hall–Kier alpha value is -4.63. The highest BCUT2D eigenvalue weighted by molar-refractivity contribution is 5.93. The van der Waals surface area contributed by atoms with E-state index in [9.17, 15) is 14.4 Å². The zero-order valence-corrected chi connectivity index (χ0v) is 37.1. The van der Waals surface area contributed by atoms with Crippen LogP contribution in [0.25, 0.3) is 10.8 Å². The van der Waals surface area contributed by atoms with Gasteiger partial charge in [-0.25, -0.2) is 9.36 Å². The number of likely N-dealkylation sites (N-methyl/N-ethyl adjacent to an activating group) is 3. The number of anilines is 1. The molecular formula is C42H70N12O7. The van der Waals surface area contributed by atoms with Crippen LogP contribution >= 0.6 is 0 Å². The Bertz CT molecular complexity index is 1840. The maximum atomic E-state index is 13.4. The van der Waals surface area contributed by atoms with Crippen molar-refractivity contribution in [3.8, 4) is 0 Å². The minimum Gasteiger partial charge on any atom is -0.391 e. The Morgan fingerprint density at radius 3 is 2.39 bits per heavy atom. The topological polar surface area (TPSA) is 226 Å². The summed E-state index contributed by atoms with van der Waals surface area (Å²) in [7, 11) is 5.56. The fourth-order valence-electron chi connectivity index (χ4n) is 6.15. The van der Waals surface area contributed by atoms with Gasteiger partial charge in [-0.3, -0.25) is 14.6 Å². The van der Waals surface area contributed by atoms with Crippen LogP contribution in [0.3, 0.4) is 0 Å². The molecule has 1 aromatic carbocycles. The fourth-order valence-corrected chi connectivity index (χ4v) is 6.15. The number of carbonyl (C=O) groups is 2. The third kappa shape index (κ3) is 18.9. The van der Waals surface area contributed by atoms with E-state index >= 15 is 0 Å². The highest BCUT2D eigenvalue weighted by Gasteiger charge is 2.23. The zero-order chi connectivity index (χ0) is 44.3. The van der Waals surface area contributed by atoms with Gasteiger partial charge < -0.3 is 55.6 Å². The molecule has 0 saturated heterocycles. The van der Waals surface area contributed by atoms with Gasteiger partial charge in [0.05, 0.1) is 83.2 Å². The largest absolute Gasteiger partial charge is 0.391 e. The van der Waals surface area contributed by atoms with Crippen molar-refractivity contribution in [2.45, 2.75) is 71.1 Å². The summed E-state index contributed by atoms with van der Waals surface area (Å²) in [5.41, 5.74) is 8.90. The van der Waals surface area contributed by atoms with Crippen LogP contribution in [-0.2, 0) is 41.6 Å². The number of benzene rings is 1. The molecule has 3 rings (SSSR count). The van der Waals surface area contributed by atoms with Crippen LogP contribution < -0.4 is 32.6 Å². The van der Waals surface area contributed by atoms with E-state index in [1.807, 2.05) is 19.3 Å². The first-order valence-corrected chi connectivity index (χ1v) is 21.2. The molecule has 0 aliphatic heterocycles. The van der Waals surface area contributed by atoms with Crippen molar-refractivity contribution in [3.05, 3.63) is 58.4 Å². The summed E-state index contributed by atoms with van der Waals surface area (Å²) >= 11 is 0. The number of fused-ring (bicyclic) bond motifs is 1. The number of hydrogen-bond acceptors (Lipinski definition) is 16. The van der Waals surface area contributed by atoms with Gasteiger partial charge >= 0.3 is 0 Å². The van der Waals surface area contributed by atoms with Crippen LogP contribution in [-0.4, -0.2) is 160 Å². The Morgan fingerprint density at radius 2 is 1.74 bits per heavy atom. The number of carbonyl (C=O) groups excluding carboxylic acids is 2. The molecule has 0 aliphatic carbocycles. The van der Waals surface area contributed by atoms with E-state index in [0.29, 0.717) is 102 Å². The number of nitrogens with zero attached hydrogens (tertiary/aromatic N) is 7. The van der Waals surface area contributed by atoms with Crippen LogP contribution in [0.15, 0.2) is 52.2 Å². The van der Waals surface area contributed by atoms with Gasteiger partial charge in [0.2, 0.25) is 5.91 Å². The lowest BCUT2D eigenvalue weighted by atomic mass is 10.00. The van der Waals surface area contributed by atoms with Crippen molar-refractivity contribution >= 4 is 34.4 Å². The van der Waals surface area contributed by atoms with Crippen molar-refractivity contribution in [3.63, 3.8) is 0 Å². The van der Waals surface area contributed by atoms with Gasteiger partial charge in [-0.05, 0) is 58.8 Å². The Morgan fingerprint density at radius 1 is 1.03 bits per heavy atom. The summed E-state index contributed by atoms with van der Waals surface area (Å²) in [5, 5.41) is 26.5. The first-order valence-electron chi connectivity index (χ1n) is 21.2. The lowest BCUT2D eigenvalue weighted by molar-refractivity contribution is -0.124. The average molecular weight is 855 g/mol. The maximum absolute atomic E-state index is 13.4. The van der Waals surface area contributed by atoms with E-state index in [1.165, 1.54) is 7.05 Å². The summed E-state index contributed by atoms with van der Waals surface area (Å²) in [6, 6.07) is 4.51. The number of ether oxygens (including phenoxy) is 4. The Labute approximate surface area is 360 Å². The molecule has 0 fully saturated rings. The molecular weight excluding hydrogens is 785 g/mol. The monoisotopic (exact) mass is 855 g/mol. The standard InChI is InChI=1S/C42H70N12O7/c1-7-34(28-43)46-15-13-35(44-4)31-52(6)17-14-42(2,3)48-30-36-32-53(51-50-36)18-21-59-23-25-61-27-26-60-24-22-58-20-16-47-37-11-8-10-33-29-49-54(41(57)39(33)37)38(12-9-19-55)40(56)45-5/h8,10-11,13,19,29,32,38,44,47-48H,7,9,12,14-18,20-28,30-31,43H2,1-6H3,(H,45,56)/b35-13-,46-34?. The SMILES string of the molecule is CCC(CN)=NC/C=C(/CN(C)CCC(C)(C)NCc1cn(CCOCCOCCOCCOCCNc2cccc3cnn(C(CCC=O)C(=O)NC)c(=O)c23)nn1)NC. The zero-order valence-electron chi connectivity index (χ0n) is 37.1. The predicted octanol–water partition coefficient (Wildman–Crippen LogP) is 1.54. The highest BCUT2D eigenvalue weighted by atomic mass is 16.6. The molecule has 0 spiro atoms. The molecule has 340 valence electrons. The molecule has 1 unspecified atom stereocenters. The minimum atomic E-state index is -0.889. The van der Waals surface area contributed by atoms with Gasteiger partial charge in [0, 0.05) is 80.9 Å². The maximum Gasteiger partial charge on any atom is 0.277 e. The Kier molecular flexibility index (Phi) is 24.0. The molecule has 1 atom stereocenters. The second-order valence-electron chi connectivity index (χ2n) is 15.1. The van der Waals surface area contributed by atoms with Gasteiger partial charge in [-0.1, -0.05) is 24.3 Å². The van der Waals surface area contributed by atoms with E-state index in [0.717, 1.165) is 54.0 Å². The van der Waals surface area contributed by atoms with Gasteiger partial charge in [-0.15, -0.1) is 5.10 Å². The highest BCUT2D eigenvalue weighted by Crippen LogP contribution is 2.21. The molecule has 0 aliphatic rings. The smallest absolute Gasteiger partial charge is 0.277 e. The van der Waals surface area contributed by atoms with E-state index in [1.54, 1.807) is 23.0 Å². The van der Waals surface area contributed by atoms with Crippen LogP contribution in [0.2, 0.25) is 0 Å². The van der Waals surface area contributed by atoms with E-state index < -0.39 is 11.6 Å². The summed E-state index contributed by atoms with van der Waals surface area (Å²) in [6.45, 7) is 14.6. The lowest BCUT2D eigenvalue weighted by Crippen LogP contribution is -2.42. The van der Waals surface area contributed by atoms with E-state index in [2.05, 4.69) is 80.5 Å². The van der Waals surface area contributed by atoms with Gasteiger partial charge in [-0.2, -0.15) is 5.10 Å². The van der Waals surface area contributed by atoms with Crippen LogP contribution in [0.1, 0.15) is 58.2 Å². The summed E-state index contributed by atoms with van der Waals surface area (Å²) in [5.74, 6) is -0.386. The number of rotatable bonds is 34. The number of nitrogens with one attached hydrogen (secondary N) is 4. The molecule has 0 radical (unpaired) electrons. The number of aldehydes is 1. The lowest BCUT2D eigenvalue weighted by Gasteiger charge is -2.29. The second kappa shape index (κ2) is 28.8. The average Bonchev–Trinajstić information content (AvgIpc) is 3.73.